The maximum absolute atomic E-state index is 9.72. The highest BCUT2D eigenvalue weighted by Gasteiger charge is 2.27. The Morgan fingerprint density at radius 1 is 1.33 bits per heavy atom. The summed E-state index contributed by atoms with van der Waals surface area (Å²) in [7, 11) is 0. The Balaban J connectivity index is 3.84. The summed E-state index contributed by atoms with van der Waals surface area (Å²) in [6.45, 7) is 6.60. The van der Waals surface area contributed by atoms with Gasteiger partial charge in [-0.3, -0.25) is 0 Å². The van der Waals surface area contributed by atoms with Gasteiger partial charge in [0.25, 0.3) is 0 Å². The average Bonchev–Trinajstić information content (AvgIpc) is 1.97. The maximum Gasteiger partial charge on any atom is 0.0739 e. The maximum atomic E-state index is 9.72. The topological polar surface area (TPSA) is 72.3 Å². The summed E-state index contributed by atoms with van der Waals surface area (Å²) in [5, 5.41) is 9.72. The van der Waals surface area contributed by atoms with E-state index < -0.39 is 6.10 Å². The molecule has 0 rings (SSSR count). The van der Waals surface area contributed by atoms with Gasteiger partial charge in [-0.1, -0.05) is 20.8 Å². The Morgan fingerprint density at radius 2 is 1.83 bits per heavy atom. The average molecular weight is 174 g/mol. The Bertz CT molecular complexity index is 120. The smallest absolute Gasteiger partial charge is 0.0739 e. The van der Waals surface area contributed by atoms with E-state index in [4.69, 9.17) is 11.5 Å². The van der Waals surface area contributed by atoms with Crippen LogP contribution < -0.4 is 11.5 Å². The molecule has 0 aliphatic carbocycles. The van der Waals surface area contributed by atoms with Gasteiger partial charge in [0.2, 0.25) is 0 Å². The minimum atomic E-state index is -0.441. The van der Waals surface area contributed by atoms with E-state index in [2.05, 4.69) is 0 Å². The van der Waals surface area contributed by atoms with Crippen LogP contribution in [0.5, 0.6) is 0 Å². The van der Waals surface area contributed by atoms with Crippen molar-refractivity contribution < 1.29 is 5.11 Å². The predicted molar refractivity (Wildman–Crippen MR) is 51.7 cm³/mol. The van der Waals surface area contributed by atoms with E-state index in [0.29, 0.717) is 6.54 Å². The standard InChI is InChI=1S/C9H22N2O/c1-9(2,3)8(12)7(11)5-4-6-10/h7-8,12H,4-6,10-11H2,1-3H3/t7-,8?/m1/s1. The van der Waals surface area contributed by atoms with E-state index in [1.165, 1.54) is 0 Å². The molecular formula is C9H22N2O. The van der Waals surface area contributed by atoms with Gasteiger partial charge in [-0.25, -0.2) is 0 Å². The molecule has 74 valence electrons. The van der Waals surface area contributed by atoms with E-state index in [1.807, 2.05) is 20.8 Å². The predicted octanol–water partition coefficient (Wildman–Crippen LogP) is 0.460. The Labute approximate surface area is 75.1 Å². The first kappa shape index (κ1) is 11.9. The highest BCUT2D eigenvalue weighted by molar-refractivity contribution is 4.82. The van der Waals surface area contributed by atoms with Crippen LogP contribution in [0.25, 0.3) is 0 Å². The van der Waals surface area contributed by atoms with E-state index in [1.54, 1.807) is 0 Å². The van der Waals surface area contributed by atoms with Crippen molar-refractivity contribution in [3.8, 4) is 0 Å². The third-order valence-corrected chi connectivity index (χ3v) is 2.03. The number of hydrogen-bond donors (Lipinski definition) is 3. The van der Waals surface area contributed by atoms with Crippen LogP contribution in [0, 0.1) is 5.41 Å². The quantitative estimate of drug-likeness (QED) is 0.580. The van der Waals surface area contributed by atoms with Crippen LogP contribution in [-0.2, 0) is 0 Å². The van der Waals surface area contributed by atoms with Crippen molar-refractivity contribution in [1.29, 1.82) is 0 Å². The van der Waals surface area contributed by atoms with Crippen molar-refractivity contribution in [2.75, 3.05) is 6.54 Å². The van der Waals surface area contributed by atoms with Gasteiger partial charge in [0.15, 0.2) is 0 Å². The van der Waals surface area contributed by atoms with Crippen molar-refractivity contribution in [1.82, 2.24) is 0 Å². The molecule has 0 aliphatic heterocycles. The van der Waals surface area contributed by atoms with E-state index in [0.717, 1.165) is 12.8 Å². The number of nitrogens with two attached hydrogens (primary N) is 2. The molecule has 0 spiro atoms. The molecule has 0 aromatic heterocycles. The van der Waals surface area contributed by atoms with Crippen molar-refractivity contribution in [3.63, 3.8) is 0 Å². The molecule has 3 nitrogen and oxygen atoms in total. The van der Waals surface area contributed by atoms with Gasteiger partial charge < -0.3 is 16.6 Å². The molecule has 0 saturated carbocycles. The molecule has 1 unspecified atom stereocenters. The van der Waals surface area contributed by atoms with Crippen LogP contribution in [-0.4, -0.2) is 23.8 Å². The molecule has 0 amide bonds. The number of hydrogen-bond acceptors (Lipinski definition) is 3. The zero-order chi connectivity index (χ0) is 9.78. The molecule has 0 bridgehead atoms. The lowest BCUT2D eigenvalue weighted by Crippen LogP contribution is -2.43. The first-order valence-corrected chi connectivity index (χ1v) is 4.53. The van der Waals surface area contributed by atoms with E-state index >= 15 is 0 Å². The largest absolute Gasteiger partial charge is 0.391 e. The summed E-state index contributed by atoms with van der Waals surface area (Å²) in [6, 6.07) is -0.145. The van der Waals surface area contributed by atoms with Gasteiger partial charge >= 0.3 is 0 Å². The van der Waals surface area contributed by atoms with Crippen molar-refractivity contribution >= 4 is 0 Å². The van der Waals surface area contributed by atoms with Crippen molar-refractivity contribution in [2.45, 2.75) is 45.8 Å². The normalized spacial score (nSPS) is 17.5. The first-order chi connectivity index (χ1) is 5.39. The Kier molecular flexibility index (Phi) is 4.75. The second-order valence-corrected chi connectivity index (χ2v) is 4.41. The van der Waals surface area contributed by atoms with Crippen LogP contribution in [0.2, 0.25) is 0 Å². The van der Waals surface area contributed by atoms with Crippen LogP contribution in [0.3, 0.4) is 0 Å². The van der Waals surface area contributed by atoms with Crippen LogP contribution in [0.15, 0.2) is 0 Å². The van der Waals surface area contributed by atoms with Crippen LogP contribution >= 0.6 is 0 Å². The second-order valence-electron chi connectivity index (χ2n) is 4.41. The third kappa shape index (κ3) is 4.04. The highest BCUT2D eigenvalue weighted by Crippen LogP contribution is 2.22. The van der Waals surface area contributed by atoms with Crippen LogP contribution in [0.1, 0.15) is 33.6 Å². The summed E-state index contributed by atoms with van der Waals surface area (Å²) in [4.78, 5) is 0. The lowest BCUT2D eigenvalue weighted by Gasteiger charge is -2.30. The van der Waals surface area contributed by atoms with Gasteiger partial charge in [0.1, 0.15) is 0 Å². The van der Waals surface area contributed by atoms with Crippen LogP contribution in [0.4, 0.5) is 0 Å². The molecule has 0 saturated heterocycles. The summed E-state index contributed by atoms with van der Waals surface area (Å²) in [5.41, 5.74) is 11.0. The second kappa shape index (κ2) is 4.80. The zero-order valence-electron chi connectivity index (χ0n) is 8.38. The van der Waals surface area contributed by atoms with Gasteiger partial charge in [-0.15, -0.1) is 0 Å². The van der Waals surface area contributed by atoms with Gasteiger partial charge in [0.05, 0.1) is 6.10 Å². The zero-order valence-corrected chi connectivity index (χ0v) is 8.38. The van der Waals surface area contributed by atoms with Gasteiger partial charge in [-0.05, 0) is 24.8 Å². The summed E-state index contributed by atoms with van der Waals surface area (Å²) < 4.78 is 0. The van der Waals surface area contributed by atoms with Crippen molar-refractivity contribution in [2.24, 2.45) is 16.9 Å². The van der Waals surface area contributed by atoms with Gasteiger partial charge in [0, 0.05) is 6.04 Å². The fourth-order valence-electron chi connectivity index (χ4n) is 1.15. The van der Waals surface area contributed by atoms with E-state index in [9.17, 15) is 5.11 Å². The number of aliphatic hydroxyl groups excluding tert-OH is 1. The molecule has 2 atom stereocenters. The third-order valence-electron chi connectivity index (χ3n) is 2.03. The fourth-order valence-corrected chi connectivity index (χ4v) is 1.15. The SMILES string of the molecule is CC(C)(C)C(O)[C@H](N)CCCN. The molecule has 0 radical (unpaired) electrons. The minimum absolute atomic E-state index is 0.131. The monoisotopic (exact) mass is 174 g/mol. The Hall–Kier alpha value is -0.120. The summed E-state index contributed by atoms with van der Waals surface area (Å²) in [6.07, 6.45) is 1.24. The minimum Gasteiger partial charge on any atom is -0.391 e. The van der Waals surface area contributed by atoms with E-state index in [-0.39, 0.29) is 11.5 Å². The fraction of sp³-hybridized carbons (Fsp3) is 1.00. The molecule has 0 heterocycles. The summed E-state index contributed by atoms with van der Waals surface area (Å²) in [5.74, 6) is 0. The summed E-state index contributed by atoms with van der Waals surface area (Å²) >= 11 is 0. The van der Waals surface area contributed by atoms with Gasteiger partial charge in [-0.2, -0.15) is 0 Å². The molecule has 3 heteroatoms. The first-order valence-electron chi connectivity index (χ1n) is 4.53. The number of aliphatic hydroxyl groups is 1. The molecule has 0 fully saturated rings. The molecule has 5 N–H and O–H groups in total. The molecule has 12 heavy (non-hydrogen) atoms. The van der Waals surface area contributed by atoms with Crippen molar-refractivity contribution in [3.05, 3.63) is 0 Å². The molecule has 0 aliphatic rings. The molecule has 0 aromatic carbocycles. The lowest BCUT2D eigenvalue weighted by atomic mass is 9.83. The highest BCUT2D eigenvalue weighted by atomic mass is 16.3. The Morgan fingerprint density at radius 3 is 2.17 bits per heavy atom. The molecule has 0 aromatic rings. The molecular weight excluding hydrogens is 152 g/mol. The lowest BCUT2D eigenvalue weighted by molar-refractivity contribution is 0.0378. The number of rotatable bonds is 4.